The highest BCUT2D eigenvalue weighted by Gasteiger charge is 2.11. The summed E-state index contributed by atoms with van der Waals surface area (Å²) in [5, 5.41) is 3.36. The molecular weight excluding hydrogens is 342 g/mol. The molecule has 0 bridgehead atoms. The summed E-state index contributed by atoms with van der Waals surface area (Å²) in [6, 6.07) is 13.0. The number of nitrogens with one attached hydrogen (secondary N) is 1. The van der Waals surface area contributed by atoms with Crippen LogP contribution >= 0.6 is 0 Å². The first kappa shape index (κ1) is 18.6. The number of rotatable bonds is 6. The highest BCUT2D eigenvalue weighted by Crippen LogP contribution is 2.19. The zero-order valence-electron chi connectivity index (χ0n) is 15.7. The van der Waals surface area contributed by atoms with E-state index >= 15 is 0 Å². The molecule has 1 N–H and O–H groups in total. The Balaban J connectivity index is 1.71. The number of amides is 1. The molecule has 6 nitrogen and oxygen atoms in total. The molecule has 3 rings (SSSR count). The first-order chi connectivity index (χ1) is 13.0. The van der Waals surface area contributed by atoms with Crippen molar-refractivity contribution in [3.63, 3.8) is 0 Å². The Morgan fingerprint density at radius 2 is 1.96 bits per heavy atom. The predicted octanol–water partition coefficient (Wildman–Crippen LogP) is 2.81. The van der Waals surface area contributed by atoms with Crippen molar-refractivity contribution < 1.29 is 9.53 Å². The second kappa shape index (κ2) is 8.03. The zero-order chi connectivity index (χ0) is 19.4. The summed E-state index contributed by atoms with van der Waals surface area (Å²) >= 11 is 0. The van der Waals surface area contributed by atoms with E-state index in [4.69, 9.17) is 4.74 Å². The van der Waals surface area contributed by atoms with Crippen molar-refractivity contribution in [3.8, 4) is 5.75 Å². The third-order valence-corrected chi connectivity index (χ3v) is 4.18. The summed E-state index contributed by atoms with van der Waals surface area (Å²) in [7, 11) is 0. The van der Waals surface area contributed by atoms with Crippen LogP contribution in [-0.2, 0) is 17.9 Å². The van der Waals surface area contributed by atoms with Gasteiger partial charge in [-0.3, -0.25) is 14.2 Å². The number of aromatic nitrogens is 2. The van der Waals surface area contributed by atoms with E-state index in [9.17, 15) is 9.59 Å². The van der Waals surface area contributed by atoms with Gasteiger partial charge in [-0.15, -0.1) is 0 Å². The third-order valence-electron chi connectivity index (χ3n) is 4.18. The average molecular weight is 365 g/mol. The predicted molar refractivity (Wildman–Crippen MR) is 105 cm³/mol. The van der Waals surface area contributed by atoms with Gasteiger partial charge < -0.3 is 10.1 Å². The topological polar surface area (TPSA) is 73.2 Å². The smallest absolute Gasteiger partial charge is 0.261 e. The van der Waals surface area contributed by atoms with Crippen molar-refractivity contribution in [3.05, 3.63) is 70.3 Å². The average Bonchev–Trinajstić information content (AvgIpc) is 2.63. The number of benzene rings is 2. The summed E-state index contributed by atoms with van der Waals surface area (Å²) in [5.74, 6) is 0.484. The number of hydrogen-bond donors (Lipinski definition) is 1. The van der Waals surface area contributed by atoms with Crippen molar-refractivity contribution in [2.24, 2.45) is 0 Å². The number of hydrogen-bond acceptors (Lipinski definition) is 4. The lowest BCUT2D eigenvalue weighted by atomic mass is 10.1. The molecule has 1 amide bonds. The largest absolute Gasteiger partial charge is 0.491 e. The lowest BCUT2D eigenvalue weighted by Crippen LogP contribution is -2.32. The Hall–Kier alpha value is -3.15. The molecule has 2 aromatic carbocycles. The quantitative estimate of drug-likeness (QED) is 0.729. The summed E-state index contributed by atoms with van der Waals surface area (Å²) in [6.07, 6.45) is 1.47. The fourth-order valence-corrected chi connectivity index (χ4v) is 2.87. The molecule has 0 atom stereocenters. The van der Waals surface area contributed by atoms with E-state index in [1.807, 2.05) is 57.2 Å². The first-order valence-corrected chi connectivity index (χ1v) is 8.91. The van der Waals surface area contributed by atoms with Crippen LogP contribution in [0.2, 0.25) is 0 Å². The van der Waals surface area contributed by atoms with Gasteiger partial charge in [-0.1, -0.05) is 30.3 Å². The van der Waals surface area contributed by atoms with Crippen LogP contribution in [0.3, 0.4) is 0 Å². The van der Waals surface area contributed by atoms with Gasteiger partial charge in [0.15, 0.2) is 0 Å². The maximum atomic E-state index is 12.6. The van der Waals surface area contributed by atoms with E-state index < -0.39 is 0 Å². The molecule has 0 radical (unpaired) electrons. The minimum atomic E-state index is -0.259. The van der Waals surface area contributed by atoms with Gasteiger partial charge in [-0.25, -0.2) is 4.98 Å². The number of carbonyl (C=O) groups excluding carboxylic acids is 1. The van der Waals surface area contributed by atoms with E-state index in [1.54, 1.807) is 6.07 Å². The van der Waals surface area contributed by atoms with Crippen LogP contribution in [0.1, 0.15) is 25.0 Å². The Bertz CT molecular complexity index is 1020. The second-order valence-electron chi connectivity index (χ2n) is 6.70. The molecule has 6 heteroatoms. The summed E-state index contributed by atoms with van der Waals surface area (Å²) in [4.78, 5) is 29.2. The minimum Gasteiger partial charge on any atom is -0.491 e. The maximum absolute atomic E-state index is 12.6. The Morgan fingerprint density at radius 1 is 1.19 bits per heavy atom. The third kappa shape index (κ3) is 4.34. The molecule has 1 aromatic heterocycles. The molecular formula is C21H23N3O3. The molecule has 0 aliphatic carbocycles. The van der Waals surface area contributed by atoms with Crippen LogP contribution in [0, 0.1) is 6.92 Å². The Morgan fingerprint density at radius 3 is 2.74 bits per heavy atom. The van der Waals surface area contributed by atoms with Gasteiger partial charge in [-0.2, -0.15) is 0 Å². The number of carbonyl (C=O) groups is 1. The lowest BCUT2D eigenvalue weighted by Gasteiger charge is -2.15. The molecule has 0 saturated carbocycles. The number of nitrogens with zero attached hydrogens (tertiary/aromatic N) is 2. The van der Waals surface area contributed by atoms with Gasteiger partial charge in [0.05, 0.1) is 23.3 Å². The molecule has 27 heavy (non-hydrogen) atoms. The van der Waals surface area contributed by atoms with Gasteiger partial charge in [0.1, 0.15) is 12.3 Å². The van der Waals surface area contributed by atoms with Crippen molar-refractivity contribution in [2.75, 3.05) is 0 Å². The van der Waals surface area contributed by atoms with Crippen LogP contribution in [0.25, 0.3) is 10.9 Å². The molecule has 0 aliphatic heterocycles. The maximum Gasteiger partial charge on any atom is 0.261 e. The van der Waals surface area contributed by atoms with E-state index in [0.717, 1.165) is 16.9 Å². The number of fused-ring (bicyclic) bond motifs is 1. The van der Waals surface area contributed by atoms with Gasteiger partial charge in [0.2, 0.25) is 5.91 Å². The van der Waals surface area contributed by atoms with Gasteiger partial charge in [0.25, 0.3) is 5.56 Å². The van der Waals surface area contributed by atoms with Crippen molar-refractivity contribution in [2.45, 2.75) is 40.0 Å². The summed E-state index contributed by atoms with van der Waals surface area (Å²) in [6.45, 7) is 6.06. The van der Waals surface area contributed by atoms with Crippen LogP contribution in [-0.4, -0.2) is 21.6 Å². The summed E-state index contributed by atoms with van der Waals surface area (Å²) < 4.78 is 7.08. The first-order valence-electron chi connectivity index (χ1n) is 8.91. The number of ether oxygens (including phenoxy) is 1. The van der Waals surface area contributed by atoms with E-state index in [2.05, 4.69) is 10.3 Å². The molecule has 0 saturated heterocycles. The van der Waals surface area contributed by atoms with E-state index in [1.165, 1.54) is 10.9 Å². The SMILES string of the molecule is Cc1cccc2c(=O)n(CC(=O)NCc3ccccc3OC(C)C)cnc12. The fraction of sp³-hybridized carbons (Fsp3) is 0.286. The molecule has 1 heterocycles. The molecule has 0 fully saturated rings. The number of aryl methyl sites for hydroxylation is 1. The standard InChI is InChI=1S/C21H23N3O3/c1-14(2)27-18-10-5-4-8-16(18)11-22-19(25)12-24-13-23-20-15(3)7-6-9-17(20)21(24)26/h4-10,13-14H,11-12H2,1-3H3,(H,22,25). The molecule has 0 unspecified atom stereocenters. The van der Waals surface area contributed by atoms with Crippen LogP contribution < -0.4 is 15.6 Å². The van der Waals surface area contributed by atoms with Gasteiger partial charge in [-0.05, 0) is 38.5 Å². The fourth-order valence-electron chi connectivity index (χ4n) is 2.87. The zero-order valence-corrected chi connectivity index (χ0v) is 15.7. The van der Waals surface area contributed by atoms with Crippen LogP contribution in [0.5, 0.6) is 5.75 Å². The molecule has 3 aromatic rings. The molecule has 0 aliphatic rings. The Kier molecular flexibility index (Phi) is 5.54. The van der Waals surface area contributed by atoms with Crippen molar-refractivity contribution >= 4 is 16.8 Å². The highest BCUT2D eigenvalue weighted by molar-refractivity contribution is 5.81. The highest BCUT2D eigenvalue weighted by atomic mass is 16.5. The van der Waals surface area contributed by atoms with E-state index in [-0.39, 0.29) is 24.1 Å². The second-order valence-corrected chi connectivity index (χ2v) is 6.70. The normalized spacial score (nSPS) is 11.0. The minimum absolute atomic E-state index is 0.0487. The van der Waals surface area contributed by atoms with Crippen LogP contribution in [0.4, 0.5) is 0 Å². The van der Waals surface area contributed by atoms with Crippen molar-refractivity contribution in [1.82, 2.24) is 14.9 Å². The van der Waals surface area contributed by atoms with Crippen LogP contribution in [0.15, 0.2) is 53.6 Å². The van der Waals surface area contributed by atoms with E-state index in [0.29, 0.717) is 17.4 Å². The van der Waals surface area contributed by atoms with Crippen molar-refractivity contribution in [1.29, 1.82) is 0 Å². The van der Waals surface area contributed by atoms with Gasteiger partial charge in [0, 0.05) is 12.1 Å². The lowest BCUT2D eigenvalue weighted by molar-refractivity contribution is -0.121. The van der Waals surface area contributed by atoms with Gasteiger partial charge >= 0.3 is 0 Å². The summed E-state index contributed by atoms with van der Waals surface area (Å²) in [5.41, 5.74) is 2.27. The molecule has 0 spiro atoms. The Labute approximate surface area is 157 Å². The number of para-hydroxylation sites is 2. The monoisotopic (exact) mass is 365 g/mol. The molecule has 140 valence electrons.